The van der Waals surface area contributed by atoms with Crippen molar-refractivity contribution in [2.24, 2.45) is 0 Å². The van der Waals surface area contributed by atoms with Crippen molar-refractivity contribution in [2.75, 3.05) is 25.0 Å². The van der Waals surface area contributed by atoms with Crippen LogP contribution in [-0.4, -0.2) is 30.6 Å². The van der Waals surface area contributed by atoms with E-state index in [4.69, 9.17) is 10.00 Å². The largest absolute Gasteiger partial charge is 0.419 e. The number of rotatable bonds is 2. The van der Waals surface area contributed by atoms with Crippen molar-refractivity contribution < 1.29 is 27.1 Å². The van der Waals surface area contributed by atoms with Crippen LogP contribution in [0.5, 0.6) is 0 Å². The number of carbonyl (C=O) groups is 1. The van der Waals surface area contributed by atoms with Crippen LogP contribution in [0.15, 0.2) is 42.5 Å². The molecule has 1 atom stereocenters. The molecule has 0 saturated carbocycles. The highest BCUT2D eigenvalue weighted by Crippen LogP contribution is 2.32. The summed E-state index contributed by atoms with van der Waals surface area (Å²) in [5.41, 5.74) is -0.278. The standard InChI is InChI=1S/C19H15F4N3O2/c20-16-9-14(4-5-15(16)19(21,22)23)25-18(27)26-6-7-28-17(11-26)13-3-1-2-12(8-13)10-24/h1-5,8-9,17H,6-7,11H2,(H,25,27). The maximum Gasteiger partial charge on any atom is 0.419 e. The number of anilines is 1. The Morgan fingerprint density at radius 1 is 1.25 bits per heavy atom. The number of morpholine rings is 1. The fraction of sp³-hybridized carbons (Fsp3) is 0.263. The molecule has 0 aromatic heterocycles. The Kier molecular flexibility index (Phi) is 5.51. The van der Waals surface area contributed by atoms with E-state index in [0.29, 0.717) is 17.7 Å². The molecule has 1 fully saturated rings. The Hall–Kier alpha value is -3.12. The highest BCUT2D eigenvalue weighted by Gasteiger charge is 2.34. The quantitative estimate of drug-likeness (QED) is 0.773. The summed E-state index contributed by atoms with van der Waals surface area (Å²) < 4.78 is 57.2. The third-order valence-electron chi connectivity index (χ3n) is 4.27. The zero-order chi connectivity index (χ0) is 20.3. The molecule has 9 heteroatoms. The van der Waals surface area contributed by atoms with Gasteiger partial charge < -0.3 is 15.0 Å². The highest BCUT2D eigenvalue weighted by atomic mass is 19.4. The summed E-state index contributed by atoms with van der Waals surface area (Å²) >= 11 is 0. The molecule has 2 aromatic rings. The molecule has 1 aliphatic rings. The average molecular weight is 393 g/mol. The van der Waals surface area contributed by atoms with Gasteiger partial charge in [-0.2, -0.15) is 18.4 Å². The van der Waals surface area contributed by atoms with Crippen molar-refractivity contribution in [3.05, 3.63) is 65.0 Å². The van der Waals surface area contributed by atoms with E-state index in [1.54, 1.807) is 24.3 Å². The van der Waals surface area contributed by atoms with Crippen LogP contribution in [0.4, 0.5) is 28.0 Å². The summed E-state index contributed by atoms with van der Waals surface area (Å²) in [5.74, 6) is -1.46. The number of amides is 2. The van der Waals surface area contributed by atoms with Crippen LogP contribution in [0.3, 0.4) is 0 Å². The molecule has 0 spiro atoms. The molecule has 2 aromatic carbocycles. The Balaban J connectivity index is 1.69. The van der Waals surface area contributed by atoms with Crippen molar-refractivity contribution in [1.82, 2.24) is 4.90 Å². The van der Waals surface area contributed by atoms with Crippen molar-refractivity contribution >= 4 is 11.7 Å². The monoisotopic (exact) mass is 393 g/mol. The Morgan fingerprint density at radius 3 is 2.71 bits per heavy atom. The second-order valence-electron chi connectivity index (χ2n) is 6.17. The lowest BCUT2D eigenvalue weighted by Gasteiger charge is -2.33. The van der Waals surface area contributed by atoms with Gasteiger partial charge in [0.25, 0.3) is 0 Å². The summed E-state index contributed by atoms with van der Waals surface area (Å²) in [5, 5.41) is 11.4. The van der Waals surface area contributed by atoms with Gasteiger partial charge in [0, 0.05) is 12.2 Å². The Bertz CT molecular complexity index is 924. The Morgan fingerprint density at radius 2 is 2.04 bits per heavy atom. The lowest BCUT2D eigenvalue weighted by Crippen LogP contribution is -2.44. The molecule has 5 nitrogen and oxygen atoms in total. The third-order valence-corrected chi connectivity index (χ3v) is 4.27. The summed E-state index contributed by atoms with van der Waals surface area (Å²) in [6, 6.07) is 10.5. The minimum absolute atomic E-state index is 0.0787. The van der Waals surface area contributed by atoms with Gasteiger partial charge in [-0.25, -0.2) is 9.18 Å². The van der Waals surface area contributed by atoms with E-state index in [9.17, 15) is 22.4 Å². The van der Waals surface area contributed by atoms with E-state index < -0.39 is 29.7 Å². The number of benzene rings is 2. The molecule has 1 saturated heterocycles. The highest BCUT2D eigenvalue weighted by molar-refractivity contribution is 5.89. The lowest BCUT2D eigenvalue weighted by molar-refractivity contribution is -0.139. The fourth-order valence-corrected chi connectivity index (χ4v) is 2.87. The van der Waals surface area contributed by atoms with E-state index in [-0.39, 0.29) is 25.4 Å². The van der Waals surface area contributed by atoms with E-state index >= 15 is 0 Å². The van der Waals surface area contributed by atoms with Gasteiger partial charge in [0.15, 0.2) is 0 Å². The first kappa shape index (κ1) is 19.6. The molecule has 1 N–H and O–H groups in total. The van der Waals surface area contributed by atoms with Crippen molar-refractivity contribution in [3.8, 4) is 6.07 Å². The predicted molar refractivity (Wildman–Crippen MR) is 91.8 cm³/mol. The third kappa shape index (κ3) is 4.40. The summed E-state index contributed by atoms with van der Waals surface area (Å²) in [4.78, 5) is 13.8. The van der Waals surface area contributed by atoms with Crippen LogP contribution in [0.2, 0.25) is 0 Å². The van der Waals surface area contributed by atoms with Crippen molar-refractivity contribution in [2.45, 2.75) is 12.3 Å². The topological polar surface area (TPSA) is 65.4 Å². The minimum atomic E-state index is -4.80. The maximum atomic E-state index is 13.7. The molecule has 0 bridgehead atoms. The average Bonchev–Trinajstić information content (AvgIpc) is 2.67. The molecule has 0 radical (unpaired) electrons. The van der Waals surface area contributed by atoms with E-state index in [0.717, 1.165) is 11.6 Å². The van der Waals surface area contributed by atoms with Gasteiger partial charge in [-0.15, -0.1) is 0 Å². The van der Waals surface area contributed by atoms with Crippen LogP contribution in [0.1, 0.15) is 22.8 Å². The van der Waals surface area contributed by atoms with Crippen LogP contribution < -0.4 is 5.32 Å². The number of carbonyl (C=O) groups excluding carboxylic acids is 1. The number of hydrogen-bond acceptors (Lipinski definition) is 3. The summed E-state index contributed by atoms with van der Waals surface area (Å²) in [6.07, 6.45) is -5.25. The zero-order valence-corrected chi connectivity index (χ0v) is 14.5. The number of nitriles is 1. The number of hydrogen-bond donors (Lipinski definition) is 1. The summed E-state index contributed by atoms with van der Waals surface area (Å²) in [7, 11) is 0. The lowest BCUT2D eigenvalue weighted by atomic mass is 10.1. The summed E-state index contributed by atoms with van der Waals surface area (Å²) in [6.45, 7) is 0.698. The number of ether oxygens (including phenoxy) is 1. The maximum absolute atomic E-state index is 13.7. The van der Waals surface area contributed by atoms with Gasteiger partial charge in [-0.3, -0.25) is 0 Å². The fourth-order valence-electron chi connectivity index (χ4n) is 2.87. The van der Waals surface area contributed by atoms with Gasteiger partial charge in [-0.05, 0) is 35.9 Å². The molecular formula is C19H15F4N3O2. The zero-order valence-electron chi connectivity index (χ0n) is 14.5. The van der Waals surface area contributed by atoms with Crippen LogP contribution >= 0.6 is 0 Å². The molecule has 1 heterocycles. The van der Waals surface area contributed by atoms with Crippen LogP contribution in [0, 0.1) is 17.1 Å². The first-order chi connectivity index (χ1) is 13.3. The number of nitrogens with one attached hydrogen (secondary N) is 1. The number of nitrogens with zero attached hydrogens (tertiary/aromatic N) is 2. The van der Waals surface area contributed by atoms with Crippen molar-refractivity contribution in [3.63, 3.8) is 0 Å². The molecule has 3 rings (SSSR count). The van der Waals surface area contributed by atoms with E-state index in [1.165, 1.54) is 4.90 Å². The predicted octanol–water partition coefficient (Wildman–Crippen LogP) is 4.32. The number of alkyl halides is 3. The van der Waals surface area contributed by atoms with Gasteiger partial charge in [0.2, 0.25) is 0 Å². The van der Waals surface area contributed by atoms with Gasteiger partial charge in [0.1, 0.15) is 11.9 Å². The minimum Gasteiger partial charge on any atom is -0.370 e. The second kappa shape index (κ2) is 7.86. The number of halogens is 4. The van der Waals surface area contributed by atoms with Crippen molar-refractivity contribution in [1.29, 1.82) is 5.26 Å². The molecule has 2 amide bonds. The molecule has 1 unspecified atom stereocenters. The first-order valence-electron chi connectivity index (χ1n) is 8.32. The first-order valence-corrected chi connectivity index (χ1v) is 8.32. The van der Waals surface area contributed by atoms with Crippen LogP contribution in [0.25, 0.3) is 0 Å². The SMILES string of the molecule is N#Cc1cccc(C2CN(C(=O)Nc3ccc(C(F)(F)F)c(F)c3)CCO2)c1. The van der Waals surface area contributed by atoms with Gasteiger partial charge >= 0.3 is 12.2 Å². The van der Waals surface area contributed by atoms with Gasteiger partial charge in [-0.1, -0.05) is 12.1 Å². The molecule has 0 aliphatic carbocycles. The molecule has 1 aliphatic heterocycles. The number of urea groups is 1. The molecule has 146 valence electrons. The Labute approximate surface area is 158 Å². The van der Waals surface area contributed by atoms with E-state index in [1.807, 2.05) is 6.07 Å². The second-order valence-corrected chi connectivity index (χ2v) is 6.17. The normalized spacial score (nSPS) is 17.1. The smallest absolute Gasteiger partial charge is 0.370 e. The van der Waals surface area contributed by atoms with Crippen LogP contribution in [-0.2, 0) is 10.9 Å². The molecule has 28 heavy (non-hydrogen) atoms. The molecular weight excluding hydrogens is 378 g/mol. The van der Waals surface area contributed by atoms with E-state index in [2.05, 4.69) is 5.32 Å². The van der Waals surface area contributed by atoms with Gasteiger partial charge in [0.05, 0.1) is 30.3 Å².